The fourth-order valence-corrected chi connectivity index (χ4v) is 6.78. The molecule has 3 heterocycles. The van der Waals surface area contributed by atoms with Crippen molar-refractivity contribution in [1.82, 2.24) is 14.5 Å². The summed E-state index contributed by atoms with van der Waals surface area (Å²) < 4.78 is 6.98. The number of hydrogen-bond donors (Lipinski definition) is 0. The number of halogens is 1. The minimum atomic E-state index is -0.0642. The van der Waals surface area contributed by atoms with Crippen LogP contribution >= 0.6 is 34.7 Å². The van der Waals surface area contributed by atoms with Gasteiger partial charge in [-0.3, -0.25) is 14.2 Å². The normalized spacial score (nSPS) is 18.7. The summed E-state index contributed by atoms with van der Waals surface area (Å²) in [4.78, 5) is 35.3. The van der Waals surface area contributed by atoms with Crippen molar-refractivity contribution in [1.29, 1.82) is 0 Å². The maximum absolute atomic E-state index is 13.8. The molecule has 1 fully saturated rings. The number of carbonyl (C=O) groups is 1. The van der Waals surface area contributed by atoms with Crippen LogP contribution in [0.2, 0.25) is 5.02 Å². The minimum absolute atomic E-state index is 0.0367. The van der Waals surface area contributed by atoms with Crippen molar-refractivity contribution >= 4 is 50.8 Å². The summed E-state index contributed by atoms with van der Waals surface area (Å²) in [6.45, 7) is 4.59. The van der Waals surface area contributed by atoms with Crippen LogP contribution in [0, 0.1) is 5.92 Å². The highest BCUT2D eigenvalue weighted by atomic mass is 35.5. The van der Waals surface area contributed by atoms with Crippen LogP contribution in [0.5, 0.6) is 0 Å². The molecule has 32 heavy (non-hydrogen) atoms. The zero-order valence-electron chi connectivity index (χ0n) is 17.8. The third-order valence-corrected chi connectivity index (χ3v) is 8.40. The van der Waals surface area contributed by atoms with Gasteiger partial charge in [-0.05, 0) is 55.0 Å². The Morgan fingerprint density at radius 1 is 1.28 bits per heavy atom. The molecule has 1 aromatic carbocycles. The molecular weight excluding hydrogens is 466 g/mol. The number of ether oxygens (including phenoxy) is 1. The predicted molar refractivity (Wildman–Crippen MR) is 130 cm³/mol. The highest BCUT2D eigenvalue weighted by Gasteiger charge is 2.26. The topological polar surface area (TPSA) is 64.4 Å². The van der Waals surface area contributed by atoms with E-state index in [4.69, 9.17) is 21.3 Å². The lowest BCUT2D eigenvalue weighted by molar-refractivity contribution is -0.132. The maximum atomic E-state index is 13.8. The molecular formula is C23H24ClN3O3S2. The summed E-state index contributed by atoms with van der Waals surface area (Å²) in [5, 5.41) is 1.88. The van der Waals surface area contributed by atoms with Crippen molar-refractivity contribution in [2.24, 2.45) is 5.92 Å². The molecule has 0 spiro atoms. The predicted octanol–water partition coefficient (Wildman–Crippen LogP) is 4.18. The van der Waals surface area contributed by atoms with E-state index in [2.05, 4.69) is 6.92 Å². The van der Waals surface area contributed by atoms with Crippen molar-refractivity contribution in [2.75, 3.05) is 32.1 Å². The lowest BCUT2D eigenvalue weighted by atomic mass is 9.89. The number of thioether (sulfide) groups is 1. The molecule has 1 saturated heterocycles. The molecule has 5 rings (SSSR count). The second kappa shape index (κ2) is 9.17. The van der Waals surface area contributed by atoms with E-state index in [1.54, 1.807) is 28.0 Å². The Kier molecular flexibility index (Phi) is 6.29. The maximum Gasteiger partial charge on any atom is 0.267 e. The van der Waals surface area contributed by atoms with Gasteiger partial charge < -0.3 is 9.64 Å². The van der Waals surface area contributed by atoms with Crippen molar-refractivity contribution < 1.29 is 9.53 Å². The standard InChI is InChI=1S/C23H24ClN3O3S2/c1-14-2-7-17-18(12-14)32-21-20(17)22(29)27(16-5-3-15(24)4-6-16)23(25-21)31-13-19(28)26-8-10-30-11-9-26/h3-6,14H,2,7-13H2,1H3/t14-/m1/s1. The molecule has 0 saturated carbocycles. The van der Waals surface area contributed by atoms with Crippen LogP contribution in [-0.2, 0) is 22.4 Å². The number of amides is 1. The number of carbonyl (C=O) groups excluding carboxylic acids is 1. The molecule has 0 N–H and O–H groups in total. The van der Waals surface area contributed by atoms with Crippen LogP contribution in [-0.4, -0.2) is 52.4 Å². The number of benzene rings is 1. The van der Waals surface area contributed by atoms with Gasteiger partial charge in [-0.15, -0.1) is 11.3 Å². The van der Waals surface area contributed by atoms with E-state index in [1.165, 1.54) is 16.6 Å². The molecule has 6 nitrogen and oxygen atoms in total. The number of morpholine rings is 1. The highest BCUT2D eigenvalue weighted by Crippen LogP contribution is 2.37. The molecule has 1 amide bonds. The Labute approximate surface area is 199 Å². The molecule has 2 aliphatic rings. The first-order valence-corrected chi connectivity index (χ1v) is 13.0. The molecule has 1 aliphatic heterocycles. The number of fused-ring (bicyclic) bond motifs is 3. The van der Waals surface area contributed by atoms with E-state index in [9.17, 15) is 9.59 Å². The lowest BCUT2D eigenvalue weighted by Gasteiger charge is -2.26. The Hall–Kier alpha value is -1.87. The molecule has 3 aromatic rings. The third kappa shape index (κ3) is 4.21. The summed E-state index contributed by atoms with van der Waals surface area (Å²) in [7, 11) is 0. The number of thiophene rings is 1. The minimum Gasteiger partial charge on any atom is -0.378 e. The molecule has 0 radical (unpaired) electrons. The quantitative estimate of drug-likeness (QED) is 0.406. The molecule has 0 unspecified atom stereocenters. The Morgan fingerprint density at radius 2 is 2.03 bits per heavy atom. The van der Waals surface area contributed by atoms with E-state index in [0.29, 0.717) is 48.1 Å². The second-order valence-electron chi connectivity index (χ2n) is 8.33. The molecule has 168 valence electrons. The Balaban J connectivity index is 1.57. The van der Waals surface area contributed by atoms with Crippen LogP contribution in [0.25, 0.3) is 15.9 Å². The van der Waals surface area contributed by atoms with Gasteiger partial charge in [0.25, 0.3) is 5.56 Å². The number of aromatic nitrogens is 2. The number of nitrogens with zero attached hydrogens (tertiary/aromatic N) is 3. The van der Waals surface area contributed by atoms with Crippen molar-refractivity contribution in [3.63, 3.8) is 0 Å². The van der Waals surface area contributed by atoms with Gasteiger partial charge in [0.15, 0.2) is 5.16 Å². The van der Waals surface area contributed by atoms with Gasteiger partial charge in [0, 0.05) is 23.0 Å². The van der Waals surface area contributed by atoms with Gasteiger partial charge in [0.2, 0.25) is 5.91 Å². The van der Waals surface area contributed by atoms with Crippen molar-refractivity contribution in [3.05, 3.63) is 50.1 Å². The number of aryl methyl sites for hydroxylation is 1. The molecule has 1 atom stereocenters. The summed E-state index contributed by atoms with van der Waals surface area (Å²) >= 11 is 9.03. The average Bonchev–Trinajstić information content (AvgIpc) is 3.16. The fourth-order valence-electron chi connectivity index (χ4n) is 4.32. The van der Waals surface area contributed by atoms with E-state index in [1.807, 2.05) is 17.0 Å². The lowest BCUT2D eigenvalue weighted by Crippen LogP contribution is -2.41. The van der Waals surface area contributed by atoms with Gasteiger partial charge in [-0.2, -0.15) is 0 Å². The van der Waals surface area contributed by atoms with E-state index in [0.717, 1.165) is 35.0 Å². The van der Waals surface area contributed by atoms with Crippen LogP contribution in [0.3, 0.4) is 0 Å². The van der Waals surface area contributed by atoms with Crippen molar-refractivity contribution in [3.8, 4) is 5.69 Å². The monoisotopic (exact) mass is 489 g/mol. The first-order valence-electron chi connectivity index (χ1n) is 10.8. The first kappa shape index (κ1) is 21.9. The molecule has 9 heteroatoms. The molecule has 1 aliphatic carbocycles. The largest absolute Gasteiger partial charge is 0.378 e. The number of rotatable bonds is 4. The third-order valence-electron chi connectivity index (χ3n) is 6.07. The van der Waals surface area contributed by atoms with E-state index >= 15 is 0 Å². The highest BCUT2D eigenvalue weighted by molar-refractivity contribution is 7.99. The Bertz CT molecular complexity index is 1220. The number of hydrogen-bond acceptors (Lipinski definition) is 6. The zero-order valence-corrected chi connectivity index (χ0v) is 20.2. The van der Waals surface area contributed by atoms with Crippen molar-refractivity contribution in [2.45, 2.75) is 31.3 Å². The van der Waals surface area contributed by atoms with Crippen LogP contribution < -0.4 is 5.56 Å². The summed E-state index contributed by atoms with van der Waals surface area (Å²) in [6, 6.07) is 7.19. The molecule has 0 bridgehead atoms. The molecule has 2 aromatic heterocycles. The smallest absolute Gasteiger partial charge is 0.267 e. The summed E-state index contributed by atoms with van der Waals surface area (Å²) in [5.41, 5.74) is 1.80. The van der Waals surface area contributed by atoms with Gasteiger partial charge in [0.1, 0.15) is 4.83 Å². The Morgan fingerprint density at radius 3 is 2.78 bits per heavy atom. The SMILES string of the molecule is C[C@@H]1CCc2c(sc3nc(SCC(=O)N4CCOCC4)n(-c4ccc(Cl)cc4)c(=O)c23)C1. The summed E-state index contributed by atoms with van der Waals surface area (Å²) in [6.07, 6.45) is 2.99. The second-order valence-corrected chi connectivity index (χ2v) is 10.8. The first-order chi connectivity index (χ1) is 15.5. The fraction of sp³-hybridized carbons (Fsp3) is 0.435. The zero-order chi connectivity index (χ0) is 22.2. The average molecular weight is 490 g/mol. The van der Waals surface area contributed by atoms with E-state index < -0.39 is 0 Å². The van der Waals surface area contributed by atoms with Crippen LogP contribution in [0.1, 0.15) is 23.8 Å². The van der Waals surface area contributed by atoms with Crippen LogP contribution in [0.15, 0.2) is 34.2 Å². The van der Waals surface area contributed by atoms with Gasteiger partial charge >= 0.3 is 0 Å². The van der Waals surface area contributed by atoms with E-state index in [-0.39, 0.29) is 17.2 Å². The van der Waals surface area contributed by atoms with Gasteiger partial charge in [-0.1, -0.05) is 30.3 Å². The van der Waals surface area contributed by atoms with Gasteiger partial charge in [0.05, 0.1) is 30.0 Å². The summed E-state index contributed by atoms with van der Waals surface area (Å²) in [5.74, 6) is 0.886. The van der Waals surface area contributed by atoms with Crippen LogP contribution in [0.4, 0.5) is 0 Å². The van der Waals surface area contributed by atoms with Gasteiger partial charge in [-0.25, -0.2) is 4.98 Å².